The molecule has 0 spiro atoms. The van der Waals surface area contributed by atoms with Crippen LogP contribution in [0.25, 0.3) is 0 Å². The number of benzene rings is 2. The van der Waals surface area contributed by atoms with Crippen LogP contribution in [-0.4, -0.2) is 6.29 Å². The minimum atomic E-state index is 0.541. The lowest BCUT2D eigenvalue weighted by molar-refractivity contribution is 0.112. The third kappa shape index (κ3) is 2.62. The number of aryl methyl sites for hydroxylation is 1. The number of rotatable bonds is 3. The first-order valence-corrected chi connectivity index (χ1v) is 6.40. The predicted octanol–water partition coefficient (Wildman–Crippen LogP) is 4.67. The molecule has 0 fully saturated rings. The Morgan fingerprint density at radius 2 is 1.89 bits per heavy atom. The summed E-state index contributed by atoms with van der Waals surface area (Å²) in [6, 6.07) is 11.2. The van der Waals surface area contributed by atoms with Gasteiger partial charge >= 0.3 is 0 Å². The topological polar surface area (TPSA) is 26.3 Å². The number of carbonyl (C=O) groups is 1. The average Bonchev–Trinajstić information content (AvgIpc) is 2.35. The Bertz CT molecular complexity index is 591. The van der Waals surface area contributed by atoms with E-state index in [1.165, 1.54) is 0 Å². The van der Waals surface area contributed by atoms with Crippen LogP contribution in [0.4, 0.5) is 0 Å². The van der Waals surface area contributed by atoms with Crippen LogP contribution in [0, 0.1) is 13.8 Å². The standard InChI is InChI=1S/C15H13BrO2/c1-10-4-3-5-14(11(10)2)18-15-8-13(16)7-6-12(15)9-17/h3-9H,1-2H3. The monoisotopic (exact) mass is 304 g/mol. The van der Waals surface area contributed by atoms with E-state index in [9.17, 15) is 4.79 Å². The fourth-order valence-corrected chi connectivity index (χ4v) is 1.99. The predicted molar refractivity (Wildman–Crippen MR) is 75.5 cm³/mol. The van der Waals surface area contributed by atoms with E-state index < -0.39 is 0 Å². The zero-order valence-electron chi connectivity index (χ0n) is 10.2. The van der Waals surface area contributed by atoms with Crippen molar-refractivity contribution in [2.45, 2.75) is 13.8 Å². The van der Waals surface area contributed by atoms with Gasteiger partial charge in [0.05, 0.1) is 5.56 Å². The molecule has 0 aliphatic carbocycles. The van der Waals surface area contributed by atoms with Gasteiger partial charge in [-0.15, -0.1) is 0 Å². The summed E-state index contributed by atoms with van der Waals surface area (Å²) in [5.41, 5.74) is 2.78. The summed E-state index contributed by atoms with van der Waals surface area (Å²) < 4.78 is 6.71. The highest BCUT2D eigenvalue weighted by Crippen LogP contribution is 2.30. The summed E-state index contributed by atoms with van der Waals surface area (Å²) in [7, 11) is 0. The van der Waals surface area contributed by atoms with Crippen LogP contribution in [-0.2, 0) is 0 Å². The van der Waals surface area contributed by atoms with E-state index in [-0.39, 0.29) is 0 Å². The molecule has 18 heavy (non-hydrogen) atoms. The van der Waals surface area contributed by atoms with Gasteiger partial charge in [0.2, 0.25) is 0 Å². The summed E-state index contributed by atoms with van der Waals surface area (Å²) in [6.45, 7) is 4.03. The molecule has 0 amide bonds. The molecular formula is C15H13BrO2. The van der Waals surface area contributed by atoms with Crippen LogP contribution in [0.5, 0.6) is 11.5 Å². The molecule has 0 saturated heterocycles. The molecule has 2 aromatic rings. The number of halogens is 1. The molecular weight excluding hydrogens is 292 g/mol. The molecule has 2 aromatic carbocycles. The largest absolute Gasteiger partial charge is 0.456 e. The van der Waals surface area contributed by atoms with Crippen LogP contribution in [0.1, 0.15) is 21.5 Å². The fraction of sp³-hybridized carbons (Fsp3) is 0.133. The molecule has 0 saturated carbocycles. The van der Waals surface area contributed by atoms with Gasteiger partial charge in [0, 0.05) is 4.47 Å². The zero-order valence-corrected chi connectivity index (χ0v) is 11.8. The molecule has 0 N–H and O–H groups in total. The van der Waals surface area contributed by atoms with Crippen LogP contribution < -0.4 is 4.74 Å². The Hall–Kier alpha value is -1.61. The highest BCUT2D eigenvalue weighted by molar-refractivity contribution is 9.10. The molecule has 0 heterocycles. The molecule has 2 rings (SSSR count). The van der Waals surface area contributed by atoms with E-state index in [0.29, 0.717) is 11.3 Å². The normalized spacial score (nSPS) is 10.2. The molecule has 0 aliphatic rings. The Balaban J connectivity index is 2.42. The van der Waals surface area contributed by atoms with Crippen molar-refractivity contribution in [3.63, 3.8) is 0 Å². The van der Waals surface area contributed by atoms with Crippen molar-refractivity contribution in [1.29, 1.82) is 0 Å². The number of hydrogen-bond acceptors (Lipinski definition) is 2. The van der Waals surface area contributed by atoms with Gasteiger partial charge < -0.3 is 4.74 Å². The first-order chi connectivity index (χ1) is 8.61. The molecule has 0 atom stereocenters. The second-order valence-electron chi connectivity index (χ2n) is 4.10. The van der Waals surface area contributed by atoms with Crippen LogP contribution in [0.2, 0.25) is 0 Å². The van der Waals surface area contributed by atoms with Gasteiger partial charge in [0.15, 0.2) is 6.29 Å². The van der Waals surface area contributed by atoms with Gasteiger partial charge in [-0.2, -0.15) is 0 Å². The van der Waals surface area contributed by atoms with Gasteiger partial charge in [-0.3, -0.25) is 4.79 Å². The Morgan fingerprint density at radius 3 is 2.61 bits per heavy atom. The van der Waals surface area contributed by atoms with Crippen molar-refractivity contribution < 1.29 is 9.53 Å². The average molecular weight is 305 g/mol. The smallest absolute Gasteiger partial charge is 0.153 e. The van der Waals surface area contributed by atoms with E-state index in [1.54, 1.807) is 12.1 Å². The van der Waals surface area contributed by atoms with Gasteiger partial charge in [-0.25, -0.2) is 0 Å². The third-order valence-corrected chi connectivity index (χ3v) is 3.37. The highest BCUT2D eigenvalue weighted by Gasteiger charge is 2.08. The van der Waals surface area contributed by atoms with Crippen molar-refractivity contribution in [2.24, 2.45) is 0 Å². The Kier molecular flexibility index (Phi) is 3.82. The summed E-state index contributed by atoms with van der Waals surface area (Å²) in [6.07, 6.45) is 0.799. The lowest BCUT2D eigenvalue weighted by Crippen LogP contribution is -1.93. The van der Waals surface area contributed by atoms with Gasteiger partial charge in [-0.1, -0.05) is 28.1 Å². The summed E-state index contributed by atoms with van der Waals surface area (Å²) in [4.78, 5) is 11.0. The van der Waals surface area contributed by atoms with Gasteiger partial charge in [0.1, 0.15) is 11.5 Å². The molecule has 2 nitrogen and oxygen atoms in total. The molecule has 0 aliphatic heterocycles. The minimum absolute atomic E-state index is 0.541. The first kappa shape index (κ1) is 12.8. The number of ether oxygens (including phenoxy) is 1. The first-order valence-electron chi connectivity index (χ1n) is 5.60. The van der Waals surface area contributed by atoms with Gasteiger partial charge in [-0.05, 0) is 49.2 Å². The molecule has 0 unspecified atom stereocenters. The molecule has 0 bridgehead atoms. The lowest BCUT2D eigenvalue weighted by Gasteiger charge is -2.12. The summed E-state index contributed by atoms with van der Waals surface area (Å²) in [5, 5.41) is 0. The highest BCUT2D eigenvalue weighted by atomic mass is 79.9. The molecule has 0 aromatic heterocycles. The van der Waals surface area contributed by atoms with Crippen molar-refractivity contribution in [1.82, 2.24) is 0 Å². The molecule has 3 heteroatoms. The summed E-state index contributed by atoms with van der Waals surface area (Å²) in [5.74, 6) is 1.34. The second-order valence-corrected chi connectivity index (χ2v) is 5.02. The van der Waals surface area contributed by atoms with Crippen LogP contribution >= 0.6 is 15.9 Å². The zero-order chi connectivity index (χ0) is 13.1. The second kappa shape index (κ2) is 5.36. The van der Waals surface area contributed by atoms with E-state index in [0.717, 1.165) is 27.6 Å². The molecule has 0 radical (unpaired) electrons. The number of hydrogen-bond donors (Lipinski definition) is 0. The maximum absolute atomic E-state index is 11.0. The lowest BCUT2D eigenvalue weighted by atomic mass is 10.1. The van der Waals surface area contributed by atoms with Crippen molar-refractivity contribution >= 4 is 22.2 Å². The quantitative estimate of drug-likeness (QED) is 0.770. The Morgan fingerprint density at radius 1 is 1.11 bits per heavy atom. The SMILES string of the molecule is Cc1cccc(Oc2cc(Br)ccc2C=O)c1C. The van der Waals surface area contributed by atoms with E-state index >= 15 is 0 Å². The van der Waals surface area contributed by atoms with E-state index in [2.05, 4.69) is 15.9 Å². The number of aldehydes is 1. The van der Waals surface area contributed by atoms with E-state index in [4.69, 9.17) is 4.74 Å². The number of carbonyl (C=O) groups excluding carboxylic acids is 1. The van der Waals surface area contributed by atoms with Crippen molar-refractivity contribution in [2.75, 3.05) is 0 Å². The minimum Gasteiger partial charge on any atom is -0.456 e. The maximum Gasteiger partial charge on any atom is 0.153 e. The Labute approximate surface area is 115 Å². The maximum atomic E-state index is 11.0. The van der Waals surface area contributed by atoms with Gasteiger partial charge in [0.25, 0.3) is 0 Å². The van der Waals surface area contributed by atoms with Crippen LogP contribution in [0.3, 0.4) is 0 Å². The third-order valence-electron chi connectivity index (χ3n) is 2.88. The van der Waals surface area contributed by atoms with Crippen molar-refractivity contribution in [3.8, 4) is 11.5 Å². The van der Waals surface area contributed by atoms with E-state index in [1.807, 2.05) is 38.1 Å². The van der Waals surface area contributed by atoms with Crippen LogP contribution in [0.15, 0.2) is 40.9 Å². The fourth-order valence-electron chi connectivity index (χ4n) is 1.65. The molecule has 92 valence electrons. The summed E-state index contributed by atoms with van der Waals surface area (Å²) >= 11 is 3.38. The van der Waals surface area contributed by atoms with Crippen molar-refractivity contribution in [3.05, 3.63) is 57.6 Å².